The summed E-state index contributed by atoms with van der Waals surface area (Å²) >= 11 is 13.0. The van der Waals surface area contributed by atoms with Crippen LogP contribution >= 0.6 is 35.0 Å². The summed E-state index contributed by atoms with van der Waals surface area (Å²) in [5.74, 6) is -0.174. The van der Waals surface area contributed by atoms with Gasteiger partial charge in [0, 0.05) is 21.4 Å². The molecule has 2 aromatic carbocycles. The maximum Gasteiger partial charge on any atom is 0.237 e. The van der Waals surface area contributed by atoms with E-state index in [4.69, 9.17) is 23.2 Å². The number of aryl methyl sites for hydroxylation is 1. The van der Waals surface area contributed by atoms with E-state index in [0.717, 1.165) is 5.56 Å². The van der Waals surface area contributed by atoms with Gasteiger partial charge in [0.2, 0.25) is 11.8 Å². The highest BCUT2D eigenvalue weighted by molar-refractivity contribution is 8.01. The lowest BCUT2D eigenvalue weighted by atomic mass is 10.2. The number of hydrogen-bond acceptors (Lipinski definition) is 3. The van der Waals surface area contributed by atoms with Crippen molar-refractivity contribution in [3.63, 3.8) is 0 Å². The van der Waals surface area contributed by atoms with Crippen molar-refractivity contribution in [1.82, 2.24) is 0 Å². The SMILES string of the molecule is Cc1ccc(Cl)cc1NC(=O)C(C)SCC(=O)Nc1ccc(Cl)cc1. The molecule has 7 heteroatoms. The third kappa shape index (κ3) is 6.27. The molecule has 0 saturated carbocycles. The van der Waals surface area contributed by atoms with Gasteiger partial charge >= 0.3 is 0 Å². The Kier molecular flexibility index (Phi) is 7.17. The second-order valence-corrected chi connectivity index (χ2v) is 7.66. The van der Waals surface area contributed by atoms with Gasteiger partial charge in [0.05, 0.1) is 11.0 Å². The fourth-order valence-electron chi connectivity index (χ4n) is 1.97. The molecule has 0 radical (unpaired) electrons. The molecule has 2 aromatic rings. The first-order chi connectivity index (χ1) is 11.8. The summed E-state index contributed by atoms with van der Waals surface area (Å²) in [5.41, 5.74) is 2.27. The first-order valence-electron chi connectivity index (χ1n) is 7.59. The number of rotatable bonds is 6. The number of thioether (sulfide) groups is 1. The van der Waals surface area contributed by atoms with Crippen molar-refractivity contribution in [3.8, 4) is 0 Å². The molecule has 0 saturated heterocycles. The summed E-state index contributed by atoms with van der Waals surface area (Å²) in [5, 5.41) is 6.39. The van der Waals surface area contributed by atoms with Gasteiger partial charge in [-0.2, -0.15) is 0 Å². The molecule has 0 aliphatic heterocycles. The van der Waals surface area contributed by atoms with Crippen LogP contribution in [0, 0.1) is 6.92 Å². The zero-order valence-electron chi connectivity index (χ0n) is 13.8. The van der Waals surface area contributed by atoms with Crippen LogP contribution in [0.2, 0.25) is 10.0 Å². The molecule has 2 rings (SSSR count). The van der Waals surface area contributed by atoms with E-state index < -0.39 is 0 Å². The van der Waals surface area contributed by atoms with E-state index in [9.17, 15) is 9.59 Å². The lowest BCUT2D eigenvalue weighted by Gasteiger charge is -2.14. The molecule has 0 aromatic heterocycles. The number of nitrogens with one attached hydrogen (secondary N) is 2. The average Bonchev–Trinajstić information content (AvgIpc) is 2.58. The maximum atomic E-state index is 12.3. The van der Waals surface area contributed by atoms with Crippen molar-refractivity contribution in [1.29, 1.82) is 0 Å². The fourth-order valence-corrected chi connectivity index (χ4v) is 2.95. The van der Waals surface area contributed by atoms with E-state index >= 15 is 0 Å². The van der Waals surface area contributed by atoms with E-state index in [2.05, 4.69) is 10.6 Å². The minimum atomic E-state index is -0.380. The van der Waals surface area contributed by atoms with Crippen molar-refractivity contribution in [3.05, 3.63) is 58.1 Å². The number of amides is 2. The second-order valence-electron chi connectivity index (χ2n) is 5.46. The first kappa shape index (κ1) is 19.6. The Morgan fingerprint density at radius 2 is 1.68 bits per heavy atom. The number of hydrogen-bond donors (Lipinski definition) is 2. The molecule has 0 spiro atoms. The zero-order chi connectivity index (χ0) is 18.4. The minimum absolute atomic E-state index is 0.172. The Labute approximate surface area is 161 Å². The van der Waals surface area contributed by atoms with Gasteiger partial charge in [0.15, 0.2) is 0 Å². The molecule has 1 unspecified atom stereocenters. The smallest absolute Gasteiger partial charge is 0.237 e. The predicted molar refractivity (Wildman–Crippen MR) is 107 cm³/mol. The van der Waals surface area contributed by atoms with Gasteiger partial charge in [-0.25, -0.2) is 0 Å². The van der Waals surface area contributed by atoms with Crippen LogP contribution in [-0.2, 0) is 9.59 Å². The summed E-state index contributed by atoms with van der Waals surface area (Å²) in [4.78, 5) is 24.2. The van der Waals surface area contributed by atoms with Gasteiger partial charge in [0.1, 0.15) is 0 Å². The molecule has 25 heavy (non-hydrogen) atoms. The Bertz CT molecular complexity index is 766. The fraction of sp³-hybridized carbons (Fsp3) is 0.222. The van der Waals surface area contributed by atoms with Crippen LogP contribution in [-0.4, -0.2) is 22.8 Å². The molecular formula is C18H18Cl2N2O2S. The summed E-state index contributed by atoms with van der Waals surface area (Å²) in [6, 6.07) is 12.2. The van der Waals surface area contributed by atoms with Crippen molar-refractivity contribution in [2.45, 2.75) is 19.1 Å². The standard InChI is InChI=1S/C18H18Cl2N2O2S/c1-11-3-4-14(20)9-16(11)22-18(24)12(2)25-10-17(23)21-15-7-5-13(19)6-8-15/h3-9,12H,10H2,1-2H3,(H,21,23)(H,22,24). The number of carbonyl (C=O) groups excluding carboxylic acids is 2. The molecule has 1 atom stereocenters. The highest BCUT2D eigenvalue weighted by Crippen LogP contribution is 2.22. The average molecular weight is 397 g/mol. The monoisotopic (exact) mass is 396 g/mol. The highest BCUT2D eigenvalue weighted by atomic mass is 35.5. The van der Waals surface area contributed by atoms with Crippen LogP contribution in [0.25, 0.3) is 0 Å². The van der Waals surface area contributed by atoms with Crippen LogP contribution in [0.5, 0.6) is 0 Å². The van der Waals surface area contributed by atoms with Crippen LogP contribution in [0.15, 0.2) is 42.5 Å². The lowest BCUT2D eigenvalue weighted by molar-refractivity contribution is -0.115. The molecule has 2 amide bonds. The Balaban J connectivity index is 1.83. The van der Waals surface area contributed by atoms with Crippen molar-refractivity contribution >= 4 is 58.2 Å². The lowest BCUT2D eigenvalue weighted by Crippen LogP contribution is -2.25. The maximum absolute atomic E-state index is 12.3. The quantitative estimate of drug-likeness (QED) is 0.721. The van der Waals surface area contributed by atoms with Crippen LogP contribution in [0.1, 0.15) is 12.5 Å². The molecule has 2 N–H and O–H groups in total. The van der Waals surface area contributed by atoms with Crippen molar-refractivity contribution in [2.75, 3.05) is 16.4 Å². The van der Waals surface area contributed by atoms with Gasteiger partial charge in [-0.15, -0.1) is 11.8 Å². The van der Waals surface area contributed by atoms with Crippen LogP contribution in [0.4, 0.5) is 11.4 Å². The number of benzene rings is 2. The number of anilines is 2. The van der Waals surface area contributed by atoms with E-state index in [1.807, 2.05) is 13.0 Å². The van der Waals surface area contributed by atoms with E-state index in [-0.39, 0.29) is 22.8 Å². The molecule has 0 bridgehead atoms. The van der Waals surface area contributed by atoms with Crippen LogP contribution in [0.3, 0.4) is 0 Å². The largest absolute Gasteiger partial charge is 0.325 e. The molecule has 132 valence electrons. The van der Waals surface area contributed by atoms with Gasteiger partial charge < -0.3 is 10.6 Å². The van der Waals surface area contributed by atoms with Crippen molar-refractivity contribution in [2.24, 2.45) is 0 Å². The highest BCUT2D eigenvalue weighted by Gasteiger charge is 2.16. The molecule has 0 fully saturated rings. The molecule has 0 aliphatic carbocycles. The zero-order valence-corrected chi connectivity index (χ0v) is 16.1. The topological polar surface area (TPSA) is 58.2 Å². The van der Waals surface area contributed by atoms with E-state index in [1.54, 1.807) is 43.3 Å². The van der Waals surface area contributed by atoms with Crippen molar-refractivity contribution < 1.29 is 9.59 Å². The van der Waals surface area contributed by atoms with Gasteiger partial charge in [-0.05, 0) is 55.8 Å². The normalized spacial score (nSPS) is 11.7. The van der Waals surface area contributed by atoms with Gasteiger partial charge in [-0.1, -0.05) is 29.3 Å². The Morgan fingerprint density at radius 1 is 1.04 bits per heavy atom. The molecule has 0 heterocycles. The van der Waals surface area contributed by atoms with Gasteiger partial charge in [0.25, 0.3) is 0 Å². The summed E-state index contributed by atoms with van der Waals surface area (Å²) in [6.45, 7) is 3.65. The summed E-state index contributed by atoms with van der Waals surface area (Å²) in [6.07, 6.45) is 0. The Morgan fingerprint density at radius 3 is 2.36 bits per heavy atom. The first-order valence-corrected chi connectivity index (χ1v) is 9.39. The molecule has 4 nitrogen and oxygen atoms in total. The predicted octanol–water partition coefficient (Wildman–Crippen LogP) is 5.00. The molecule has 0 aliphatic rings. The third-order valence-electron chi connectivity index (χ3n) is 3.42. The van der Waals surface area contributed by atoms with E-state index in [1.165, 1.54) is 11.8 Å². The number of halogens is 2. The third-order valence-corrected chi connectivity index (χ3v) is 5.05. The number of carbonyl (C=O) groups is 2. The summed E-state index contributed by atoms with van der Waals surface area (Å²) in [7, 11) is 0. The van der Waals surface area contributed by atoms with Crippen LogP contribution < -0.4 is 10.6 Å². The Hall–Kier alpha value is -1.69. The van der Waals surface area contributed by atoms with Gasteiger partial charge in [-0.3, -0.25) is 9.59 Å². The second kappa shape index (κ2) is 9.13. The minimum Gasteiger partial charge on any atom is -0.325 e. The summed E-state index contributed by atoms with van der Waals surface area (Å²) < 4.78 is 0. The van der Waals surface area contributed by atoms with E-state index in [0.29, 0.717) is 21.4 Å². The molecular weight excluding hydrogens is 379 g/mol.